The Morgan fingerprint density at radius 2 is 2.00 bits per heavy atom. The van der Waals surface area contributed by atoms with Crippen LogP contribution in [0.4, 0.5) is 10.1 Å². The maximum Gasteiger partial charge on any atom is 0.358 e. The fraction of sp³-hybridized carbons (Fsp3) is 0.143. The first-order valence-corrected chi connectivity index (χ1v) is 9.76. The molecule has 0 aliphatic heterocycles. The number of imidazole rings is 1. The molecule has 1 amide bonds. The van der Waals surface area contributed by atoms with Gasteiger partial charge in [0.1, 0.15) is 12.1 Å². The number of carboxylic acid groups (broad SMARTS) is 1. The van der Waals surface area contributed by atoms with E-state index in [1.165, 1.54) is 40.5 Å². The van der Waals surface area contributed by atoms with Crippen LogP contribution in [0.1, 0.15) is 39.4 Å². The van der Waals surface area contributed by atoms with Crippen LogP contribution in [0, 0.1) is 5.82 Å². The average molecular weight is 458 g/mol. The molecule has 0 radical (unpaired) electrons. The zero-order valence-electron chi connectivity index (χ0n) is 16.9. The summed E-state index contributed by atoms with van der Waals surface area (Å²) in [5, 5.41) is 13.1. The Labute approximate surface area is 184 Å². The minimum absolute atomic E-state index is 0.0416. The predicted octanol–water partition coefficient (Wildman–Crippen LogP) is 2.95. The van der Waals surface area contributed by atoms with Crippen LogP contribution in [0.25, 0.3) is 16.6 Å². The van der Waals surface area contributed by atoms with E-state index in [1.54, 1.807) is 13.0 Å². The first kappa shape index (κ1) is 21.3. The number of carbonyl (C=O) groups is 2. The zero-order valence-corrected chi connectivity index (χ0v) is 17.6. The van der Waals surface area contributed by atoms with E-state index in [0.717, 1.165) is 6.07 Å². The lowest BCUT2D eigenvalue weighted by Crippen LogP contribution is -2.22. The van der Waals surface area contributed by atoms with Crippen molar-refractivity contribution in [3.63, 3.8) is 0 Å². The highest BCUT2D eigenvalue weighted by Gasteiger charge is 2.23. The Morgan fingerprint density at radius 3 is 2.66 bits per heavy atom. The number of aromatic nitrogens is 3. The lowest BCUT2D eigenvalue weighted by molar-refractivity contribution is 0.0692. The third-order valence-electron chi connectivity index (χ3n) is 5.23. The lowest BCUT2D eigenvalue weighted by atomic mass is 10.0. The van der Waals surface area contributed by atoms with Gasteiger partial charge in [-0.2, -0.15) is 0 Å². The number of carbonyl (C=O) groups excluding carboxylic acids is 1. The highest BCUT2D eigenvalue weighted by Crippen LogP contribution is 2.31. The van der Waals surface area contributed by atoms with Crippen molar-refractivity contribution in [2.75, 3.05) is 5.32 Å². The van der Waals surface area contributed by atoms with Crippen LogP contribution >= 0.6 is 11.6 Å². The van der Waals surface area contributed by atoms with Gasteiger partial charge in [-0.05, 0) is 37.3 Å². The summed E-state index contributed by atoms with van der Waals surface area (Å²) < 4.78 is 16.3. The summed E-state index contributed by atoms with van der Waals surface area (Å²) in [4.78, 5) is 40.4. The smallest absolute Gasteiger partial charge is 0.358 e. The van der Waals surface area contributed by atoms with E-state index in [2.05, 4.69) is 10.3 Å². The summed E-state index contributed by atoms with van der Waals surface area (Å²) in [6.07, 6.45) is 1.32. The Hall–Kier alpha value is -3.92. The number of rotatable bonds is 5. The molecule has 2 aromatic heterocycles. The molecule has 0 saturated heterocycles. The lowest BCUT2D eigenvalue weighted by Gasteiger charge is -2.21. The molecule has 4 aromatic rings. The SMILES string of the molecule is CC(Nc1ccc(F)cc1C(N)=O)c1cc(Cl)cc2c(=O)n(C)c3c(C(=O)O)ncn3c12. The summed E-state index contributed by atoms with van der Waals surface area (Å²) in [6, 6.07) is 6.14. The quantitative estimate of drug-likeness (QED) is 0.422. The van der Waals surface area contributed by atoms with Gasteiger partial charge in [-0.15, -0.1) is 0 Å². The fourth-order valence-corrected chi connectivity index (χ4v) is 4.02. The van der Waals surface area contributed by atoms with Gasteiger partial charge in [0.25, 0.3) is 11.5 Å². The minimum atomic E-state index is -1.28. The Bertz CT molecular complexity index is 1490. The first-order chi connectivity index (χ1) is 15.1. The van der Waals surface area contributed by atoms with Crippen molar-refractivity contribution in [2.24, 2.45) is 12.8 Å². The number of nitrogens with two attached hydrogens (primary N) is 1. The number of primary amides is 1. The van der Waals surface area contributed by atoms with Gasteiger partial charge >= 0.3 is 5.97 Å². The van der Waals surface area contributed by atoms with Crippen molar-refractivity contribution < 1.29 is 19.1 Å². The number of aromatic carboxylic acids is 1. The molecule has 1 atom stereocenters. The number of benzene rings is 2. The molecule has 2 heterocycles. The van der Waals surface area contributed by atoms with Gasteiger partial charge in [-0.25, -0.2) is 14.2 Å². The van der Waals surface area contributed by atoms with Gasteiger partial charge in [0.2, 0.25) is 0 Å². The van der Waals surface area contributed by atoms with Gasteiger partial charge in [-0.1, -0.05) is 11.6 Å². The van der Waals surface area contributed by atoms with Crippen molar-refractivity contribution in [1.82, 2.24) is 14.0 Å². The predicted molar refractivity (Wildman–Crippen MR) is 117 cm³/mol. The third-order valence-corrected chi connectivity index (χ3v) is 5.45. The van der Waals surface area contributed by atoms with E-state index in [1.807, 2.05) is 0 Å². The number of hydrogen-bond donors (Lipinski definition) is 3. The molecule has 1 unspecified atom stereocenters. The molecule has 11 heteroatoms. The highest BCUT2D eigenvalue weighted by atomic mass is 35.5. The van der Waals surface area contributed by atoms with E-state index in [0.29, 0.717) is 11.1 Å². The molecule has 0 aliphatic carbocycles. The van der Waals surface area contributed by atoms with Crippen molar-refractivity contribution >= 4 is 45.7 Å². The highest BCUT2D eigenvalue weighted by molar-refractivity contribution is 6.31. The number of fused-ring (bicyclic) bond motifs is 3. The molecule has 0 spiro atoms. The van der Waals surface area contributed by atoms with Crippen molar-refractivity contribution in [3.8, 4) is 0 Å². The summed E-state index contributed by atoms with van der Waals surface area (Å²) in [7, 11) is 1.45. The molecule has 0 fully saturated rings. The van der Waals surface area contributed by atoms with E-state index in [4.69, 9.17) is 17.3 Å². The second-order valence-corrected chi connectivity index (χ2v) is 7.70. The number of carboxylic acids is 1. The van der Waals surface area contributed by atoms with Crippen LogP contribution in [0.2, 0.25) is 5.02 Å². The van der Waals surface area contributed by atoms with Gasteiger partial charge < -0.3 is 16.2 Å². The van der Waals surface area contributed by atoms with Crippen LogP contribution in [0.5, 0.6) is 0 Å². The first-order valence-electron chi connectivity index (χ1n) is 9.38. The van der Waals surface area contributed by atoms with Crippen molar-refractivity contribution in [2.45, 2.75) is 13.0 Å². The number of amides is 1. The van der Waals surface area contributed by atoms with E-state index < -0.39 is 29.3 Å². The molecule has 164 valence electrons. The van der Waals surface area contributed by atoms with Crippen LogP contribution in [-0.2, 0) is 7.05 Å². The summed E-state index contributed by atoms with van der Waals surface area (Å²) >= 11 is 6.29. The molecule has 0 aliphatic rings. The maximum absolute atomic E-state index is 13.6. The number of aryl methyl sites for hydroxylation is 1. The number of nitrogens with one attached hydrogen (secondary N) is 1. The van der Waals surface area contributed by atoms with E-state index in [9.17, 15) is 23.9 Å². The molecular weight excluding hydrogens is 441 g/mol. The molecule has 9 nitrogen and oxygen atoms in total. The van der Waals surface area contributed by atoms with E-state index in [-0.39, 0.29) is 33.0 Å². The fourth-order valence-electron chi connectivity index (χ4n) is 3.79. The maximum atomic E-state index is 13.6. The topological polar surface area (TPSA) is 132 Å². The summed E-state index contributed by atoms with van der Waals surface area (Å²) in [6.45, 7) is 1.75. The average Bonchev–Trinajstić information content (AvgIpc) is 3.18. The standard InChI is InChI=1S/C21H17ClFN5O4/c1-9(26-15-4-3-11(23)7-13(15)18(24)29)12-5-10(22)6-14-17(12)28-8-25-16(21(31)32)19(28)27(2)20(14)30/h3-9,26H,1-2H3,(H2,24,29)(H,31,32). The van der Waals surface area contributed by atoms with Crippen LogP contribution < -0.4 is 16.6 Å². The van der Waals surface area contributed by atoms with Gasteiger partial charge in [0, 0.05) is 23.3 Å². The minimum Gasteiger partial charge on any atom is -0.476 e. The normalized spacial score (nSPS) is 12.2. The van der Waals surface area contributed by atoms with Gasteiger partial charge in [-0.3, -0.25) is 18.6 Å². The van der Waals surface area contributed by atoms with Crippen LogP contribution in [0.3, 0.4) is 0 Å². The molecule has 0 saturated carbocycles. The second kappa shape index (κ2) is 7.65. The largest absolute Gasteiger partial charge is 0.476 e. The number of hydrogen-bond acceptors (Lipinski definition) is 5. The molecule has 0 bridgehead atoms. The molecule has 2 aromatic carbocycles. The molecule has 32 heavy (non-hydrogen) atoms. The number of nitrogens with zero attached hydrogens (tertiary/aromatic N) is 3. The number of anilines is 1. The summed E-state index contributed by atoms with van der Waals surface area (Å²) in [5.41, 5.74) is 5.93. The Morgan fingerprint density at radius 1 is 1.28 bits per heavy atom. The van der Waals surface area contributed by atoms with Crippen molar-refractivity contribution in [3.05, 3.63) is 74.7 Å². The Kier molecular flexibility index (Phi) is 5.09. The monoisotopic (exact) mass is 457 g/mol. The molecular formula is C21H17ClFN5O4. The Balaban J connectivity index is 1.98. The van der Waals surface area contributed by atoms with Gasteiger partial charge in [0.05, 0.1) is 22.5 Å². The number of halogens is 2. The summed E-state index contributed by atoms with van der Waals surface area (Å²) in [5.74, 6) is -2.71. The zero-order chi connectivity index (χ0) is 23.3. The second-order valence-electron chi connectivity index (χ2n) is 7.27. The van der Waals surface area contributed by atoms with Crippen LogP contribution in [-0.4, -0.2) is 30.9 Å². The molecule has 4 rings (SSSR count). The molecule has 4 N–H and O–H groups in total. The van der Waals surface area contributed by atoms with Crippen molar-refractivity contribution in [1.29, 1.82) is 0 Å². The van der Waals surface area contributed by atoms with Crippen LogP contribution in [0.15, 0.2) is 41.5 Å². The van der Waals surface area contributed by atoms with Gasteiger partial charge in [0.15, 0.2) is 11.3 Å². The van der Waals surface area contributed by atoms with E-state index >= 15 is 0 Å². The third kappa shape index (κ3) is 3.34.